The number of aromatic nitrogens is 1. The molecule has 0 bridgehead atoms. The Labute approximate surface area is 114 Å². The van der Waals surface area contributed by atoms with Crippen molar-refractivity contribution in [2.45, 2.75) is 32.6 Å². The SMILES string of the molecule is Cc1cc2c(N)cccc2c(N2CCCCCC2)n1. The lowest BCUT2D eigenvalue weighted by Gasteiger charge is -2.23. The molecule has 19 heavy (non-hydrogen) atoms. The molecule has 1 aromatic heterocycles. The first kappa shape index (κ1) is 12.3. The molecule has 100 valence electrons. The summed E-state index contributed by atoms with van der Waals surface area (Å²) in [6.07, 6.45) is 5.20. The summed E-state index contributed by atoms with van der Waals surface area (Å²) in [7, 11) is 0. The first-order chi connectivity index (χ1) is 9.25. The van der Waals surface area contributed by atoms with Crippen LogP contribution in [0.3, 0.4) is 0 Å². The second-order valence-corrected chi connectivity index (χ2v) is 5.43. The maximum absolute atomic E-state index is 6.11. The Morgan fingerprint density at radius 1 is 1.05 bits per heavy atom. The van der Waals surface area contributed by atoms with E-state index >= 15 is 0 Å². The van der Waals surface area contributed by atoms with Gasteiger partial charge in [0.2, 0.25) is 0 Å². The Morgan fingerprint density at radius 3 is 2.53 bits per heavy atom. The predicted octanol–water partition coefficient (Wildman–Crippen LogP) is 3.51. The van der Waals surface area contributed by atoms with E-state index < -0.39 is 0 Å². The van der Waals surface area contributed by atoms with Crippen LogP contribution in [0.5, 0.6) is 0 Å². The highest BCUT2D eigenvalue weighted by atomic mass is 15.2. The van der Waals surface area contributed by atoms with Crippen molar-refractivity contribution < 1.29 is 0 Å². The molecule has 3 heteroatoms. The van der Waals surface area contributed by atoms with E-state index in [1.54, 1.807) is 0 Å². The Morgan fingerprint density at radius 2 is 1.79 bits per heavy atom. The number of nitrogens with zero attached hydrogens (tertiary/aromatic N) is 2. The molecule has 3 rings (SSSR count). The monoisotopic (exact) mass is 255 g/mol. The molecule has 0 saturated carbocycles. The summed E-state index contributed by atoms with van der Waals surface area (Å²) in [5.41, 5.74) is 8.00. The van der Waals surface area contributed by atoms with Gasteiger partial charge in [0.05, 0.1) is 0 Å². The van der Waals surface area contributed by atoms with E-state index in [0.29, 0.717) is 0 Å². The fourth-order valence-electron chi connectivity index (χ4n) is 2.93. The van der Waals surface area contributed by atoms with Crippen LogP contribution in [-0.2, 0) is 0 Å². The molecular weight excluding hydrogens is 234 g/mol. The van der Waals surface area contributed by atoms with E-state index in [1.807, 2.05) is 19.1 Å². The van der Waals surface area contributed by atoms with Gasteiger partial charge in [0.15, 0.2) is 0 Å². The Kier molecular flexibility index (Phi) is 3.28. The highest BCUT2D eigenvalue weighted by Crippen LogP contribution is 2.30. The van der Waals surface area contributed by atoms with Gasteiger partial charge in [-0.15, -0.1) is 0 Å². The standard InChI is InChI=1S/C16H21N3/c1-12-11-14-13(7-6-8-15(14)17)16(18-12)19-9-4-2-3-5-10-19/h6-8,11H,2-5,9-10,17H2,1H3. The van der Waals surface area contributed by atoms with Crippen LogP contribution in [0.4, 0.5) is 11.5 Å². The molecule has 0 aliphatic carbocycles. The molecule has 0 unspecified atom stereocenters. The van der Waals surface area contributed by atoms with Crippen LogP contribution in [-0.4, -0.2) is 18.1 Å². The average Bonchev–Trinajstić information content (AvgIpc) is 2.68. The zero-order valence-corrected chi connectivity index (χ0v) is 11.5. The van der Waals surface area contributed by atoms with E-state index in [1.165, 1.54) is 31.1 Å². The van der Waals surface area contributed by atoms with Crippen molar-refractivity contribution in [2.75, 3.05) is 23.7 Å². The van der Waals surface area contributed by atoms with Gasteiger partial charge in [-0.3, -0.25) is 0 Å². The normalized spacial score (nSPS) is 16.6. The topological polar surface area (TPSA) is 42.1 Å². The van der Waals surface area contributed by atoms with Crippen LogP contribution in [0, 0.1) is 6.92 Å². The van der Waals surface area contributed by atoms with Gasteiger partial charge in [-0.25, -0.2) is 4.98 Å². The summed E-state index contributed by atoms with van der Waals surface area (Å²) >= 11 is 0. The third-order valence-electron chi connectivity index (χ3n) is 3.92. The van der Waals surface area contributed by atoms with Gasteiger partial charge in [-0.2, -0.15) is 0 Å². The Bertz CT molecular complexity index is 584. The maximum Gasteiger partial charge on any atom is 0.136 e. The van der Waals surface area contributed by atoms with E-state index in [-0.39, 0.29) is 0 Å². The van der Waals surface area contributed by atoms with Crippen molar-refractivity contribution >= 4 is 22.3 Å². The predicted molar refractivity (Wildman–Crippen MR) is 81.6 cm³/mol. The molecule has 0 amide bonds. The minimum atomic E-state index is 0.846. The smallest absolute Gasteiger partial charge is 0.136 e. The molecule has 2 aromatic rings. The van der Waals surface area contributed by atoms with Crippen LogP contribution >= 0.6 is 0 Å². The Balaban J connectivity index is 2.13. The van der Waals surface area contributed by atoms with Gasteiger partial charge in [-0.05, 0) is 31.9 Å². The number of aryl methyl sites for hydroxylation is 1. The number of anilines is 2. The second-order valence-electron chi connectivity index (χ2n) is 5.43. The van der Waals surface area contributed by atoms with Crippen molar-refractivity contribution in [3.63, 3.8) is 0 Å². The number of benzene rings is 1. The fourth-order valence-corrected chi connectivity index (χ4v) is 2.93. The summed E-state index contributed by atoms with van der Waals surface area (Å²) in [6, 6.07) is 8.22. The third kappa shape index (κ3) is 2.37. The molecular formula is C16H21N3. The summed E-state index contributed by atoms with van der Waals surface area (Å²) in [5, 5.41) is 2.32. The quantitative estimate of drug-likeness (QED) is 0.793. The minimum Gasteiger partial charge on any atom is -0.398 e. The lowest BCUT2D eigenvalue weighted by atomic mass is 10.1. The molecule has 3 nitrogen and oxygen atoms in total. The third-order valence-corrected chi connectivity index (χ3v) is 3.92. The highest BCUT2D eigenvalue weighted by molar-refractivity contribution is 5.99. The molecule has 0 atom stereocenters. The Hall–Kier alpha value is -1.77. The van der Waals surface area contributed by atoms with Crippen LogP contribution in [0.1, 0.15) is 31.4 Å². The summed E-state index contributed by atoms with van der Waals surface area (Å²) in [4.78, 5) is 7.21. The number of nitrogen functional groups attached to an aromatic ring is 1. The molecule has 2 heterocycles. The lowest BCUT2D eigenvalue weighted by Crippen LogP contribution is -2.25. The van der Waals surface area contributed by atoms with Crippen LogP contribution < -0.4 is 10.6 Å². The molecule has 1 fully saturated rings. The van der Waals surface area contributed by atoms with Crippen LogP contribution in [0.15, 0.2) is 24.3 Å². The summed E-state index contributed by atoms with van der Waals surface area (Å²) < 4.78 is 0. The van der Waals surface area contributed by atoms with Crippen molar-refractivity contribution in [2.24, 2.45) is 0 Å². The van der Waals surface area contributed by atoms with Gasteiger partial charge in [0.25, 0.3) is 0 Å². The number of hydrogen-bond acceptors (Lipinski definition) is 3. The summed E-state index contributed by atoms with van der Waals surface area (Å²) in [5.74, 6) is 1.12. The zero-order chi connectivity index (χ0) is 13.2. The van der Waals surface area contributed by atoms with Gasteiger partial charge in [0, 0.05) is 35.2 Å². The molecule has 0 radical (unpaired) electrons. The minimum absolute atomic E-state index is 0.846. The van der Waals surface area contributed by atoms with E-state index in [0.717, 1.165) is 35.7 Å². The van der Waals surface area contributed by atoms with Crippen LogP contribution in [0.2, 0.25) is 0 Å². The first-order valence-corrected chi connectivity index (χ1v) is 7.16. The number of fused-ring (bicyclic) bond motifs is 1. The molecule has 2 N–H and O–H groups in total. The molecule has 1 saturated heterocycles. The second kappa shape index (κ2) is 5.08. The molecule has 1 aromatic carbocycles. The number of nitrogens with two attached hydrogens (primary N) is 1. The van der Waals surface area contributed by atoms with Crippen LogP contribution in [0.25, 0.3) is 10.8 Å². The van der Waals surface area contributed by atoms with Crippen molar-refractivity contribution in [3.8, 4) is 0 Å². The van der Waals surface area contributed by atoms with Gasteiger partial charge < -0.3 is 10.6 Å². The first-order valence-electron chi connectivity index (χ1n) is 7.16. The fraction of sp³-hybridized carbons (Fsp3) is 0.438. The molecule has 0 spiro atoms. The zero-order valence-electron chi connectivity index (χ0n) is 11.5. The lowest BCUT2D eigenvalue weighted by molar-refractivity contribution is 0.726. The maximum atomic E-state index is 6.11. The van der Waals surface area contributed by atoms with Gasteiger partial charge in [-0.1, -0.05) is 25.0 Å². The largest absolute Gasteiger partial charge is 0.398 e. The summed E-state index contributed by atoms with van der Waals surface area (Å²) in [6.45, 7) is 4.27. The van der Waals surface area contributed by atoms with E-state index in [9.17, 15) is 0 Å². The van der Waals surface area contributed by atoms with Gasteiger partial charge in [0.1, 0.15) is 5.82 Å². The van der Waals surface area contributed by atoms with Crippen molar-refractivity contribution in [1.82, 2.24) is 4.98 Å². The van der Waals surface area contributed by atoms with E-state index in [4.69, 9.17) is 10.7 Å². The highest BCUT2D eigenvalue weighted by Gasteiger charge is 2.15. The van der Waals surface area contributed by atoms with Crippen molar-refractivity contribution in [1.29, 1.82) is 0 Å². The van der Waals surface area contributed by atoms with E-state index in [2.05, 4.69) is 17.0 Å². The molecule has 1 aliphatic heterocycles. The number of pyridine rings is 1. The number of hydrogen-bond donors (Lipinski definition) is 1. The van der Waals surface area contributed by atoms with Crippen molar-refractivity contribution in [3.05, 3.63) is 30.0 Å². The molecule has 1 aliphatic rings. The average molecular weight is 255 g/mol. The number of rotatable bonds is 1. The van der Waals surface area contributed by atoms with Gasteiger partial charge >= 0.3 is 0 Å².